The zero-order valence-electron chi connectivity index (χ0n) is 18.0. The maximum absolute atomic E-state index is 13.1. The van der Waals surface area contributed by atoms with E-state index in [2.05, 4.69) is 26.1 Å². The second-order valence-corrected chi connectivity index (χ2v) is 9.73. The van der Waals surface area contributed by atoms with E-state index in [9.17, 15) is 8.42 Å². The summed E-state index contributed by atoms with van der Waals surface area (Å²) in [6, 6.07) is 12.6. The highest BCUT2D eigenvalue weighted by molar-refractivity contribution is 7.92. The smallest absolute Gasteiger partial charge is 0.263 e. The number of anilines is 2. The molecule has 2 aromatic carbocycles. The van der Waals surface area contributed by atoms with Crippen molar-refractivity contribution < 1.29 is 8.42 Å². The van der Waals surface area contributed by atoms with E-state index in [-0.39, 0.29) is 10.7 Å². The summed E-state index contributed by atoms with van der Waals surface area (Å²) < 4.78 is 28.8. The van der Waals surface area contributed by atoms with Crippen molar-refractivity contribution in [1.29, 1.82) is 0 Å². The Labute approximate surface area is 183 Å². The van der Waals surface area contributed by atoms with E-state index in [1.54, 1.807) is 12.1 Å². The fourth-order valence-corrected chi connectivity index (χ4v) is 4.83. The molecule has 0 unspecified atom stereocenters. The second kappa shape index (κ2) is 9.06. The van der Waals surface area contributed by atoms with Crippen molar-refractivity contribution in [3.8, 4) is 0 Å². The highest BCUT2D eigenvalue weighted by atomic mass is 32.2. The van der Waals surface area contributed by atoms with E-state index in [1.807, 2.05) is 44.2 Å². The lowest BCUT2D eigenvalue weighted by Crippen LogP contribution is -2.17. The first-order valence-electron chi connectivity index (χ1n) is 10.7. The molecule has 0 aliphatic heterocycles. The summed E-state index contributed by atoms with van der Waals surface area (Å²) >= 11 is 0. The summed E-state index contributed by atoms with van der Waals surface area (Å²) in [5.41, 5.74) is 4.77. The van der Waals surface area contributed by atoms with Crippen molar-refractivity contribution in [3.63, 3.8) is 0 Å². The summed E-state index contributed by atoms with van der Waals surface area (Å²) in [5.74, 6) is 0.664. The number of sulfonamides is 1. The van der Waals surface area contributed by atoms with Crippen LogP contribution in [0.25, 0.3) is 11.0 Å². The minimum atomic E-state index is -3.79. The minimum Gasteiger partial charge on any atom is -0.367 e. The van der Waals surface area contributed by atoms with Crippen LogP contribution in [-0.4, -0.2) is 24.9 Å². The fourth-order valence-electron chi connectivity index (χ4n) is 3.73. The maximum Gasteiger partial charge on any atom is 0.263 e. The Bertz CT molecular complexity index is 1240. The number of aromatic nitrogens is 2. The molecule has 1 aliphatic rings. The molecule has 7 heteroatoms. The molecule has 0 amide bonds. The number of nitrogens with zero attached hydrogens (tertiary/aromatic N) is 2. The zero-order chi connectivity index (χ0) is 21.8. The first kappa shape index (κ1) is 21.3. The Morgan fingerprint density at radius 2 is 1.68 bits per heavy atom. The van der Waals surface area contributed by atoms with Crippen LogP contribution in [0.5, 0.6) is 0 Å². The van der Waals surface area contributed by atoms with Crippen molar-refractivity contribution in [1.82, 2.24) is 9.97 Å². The lowest BCUT2D eigenvalue weighted by molar-refractivity contribution is 0.601. The Hall–Kier alpha value is -2.93. The van der Waals surface area contributed by atoms with Crippen LogP contribution in [0.3, 0.4) is 0 Å². The number of fused-ring (bicyclic) bond motifs is 1. The average molecular weight is 437 g/mol. The van der Waals surface area contributed by atoms with Crippen LogP contribution in [0.15, 0.2) is 59.0 Å². The topological polar surface area (TPSA) is 84.0 Å². The monoisotopic (exact) mass is 436 g/mol. The number of allylic oxidation sites excluding steroid dienone is 1. The number of nitrogens with one attached hydrogen (secondary N) is 2. The van der Waals surface area contributed by atoms with Crippen LogP contribution in [0.1, 0.15) is 43.2 Å². The molecular formula is C24H28N4O2S. The second-order valence-electron chi connectivity index (χ2n) is 8.05. The summed E-state index contributed by atoms with van der Waals surface area (Å²) in [5, 5.41) is 3.31. The summed E-state index contributed by atoms with van der Waals surface area (Å²) in [6.45, 7) is 4.53. The minimum absolute atomic E-state index is 0.212. The van der Waals surface area contributed by atoms with E-state index in [0.717, 1.165) is 35.9 Å². The van der Waals surface area contributed by atoms with Crippen LogP contribution in [-0.2, 0) is 10.0 Å². The number of benzene rings is 2. The number of hydrogen-bond donors (Lipinski definition) is 2. The van der Waals surface area contributed by atoms with Gasteiger partial charge in [-0.3, -0.25) is 4.72 Å². The van der Waals surface area contributed by atoms with Gasteiger partial charge >= 0.3 is 0 Å². The van der Waals surface area contributed by atoms with E-state index in [4.69, 9.17) is 0 Å². The lowest BCUT2D eigenvalue weighted by atomic mass is 9.97. The van der Waals surface area contributed by atoms with Gasteiger partial charge in [0.2, 0.25) is 0 Å². The molecule has 31 heavy (non-hydrogen) atoms. The van der Waals surface area contributed by atoms with Crippen molar-refractivity contribution in [2.45, 2.75) is 50.8 Å². The average Bonchev–Trinajstić information content (AvgIpc) is 2.76. The third kappa shape index (κ3) is 5.05. The number of para-hydroxylation sites is 2. The lowest BCUT2D eigenvalue weighted by Gasteiger charge is -2.16. The molecule has 1 aromatic heterocycles. The third-order valence-electron chi connectivity index (χ3n) is 5.71. The van der Waals surface area contributed by atoms with Gasteiger partial charge in [0.25, 0.3) is 10.0 Å². The summed E-state index contributed by atoms with van der Waals surface area (Å²) in [6.07, 6.45) is 8.02. The third-order valence-corrected chi connectivity index (χ3v) is 7.05. The molecule has 0 fully saturated rings. The largest absolute Gasteiger partial charge is 0.367 e. The summed E-state index contributed by atoms with van der Waals surface area (Å²) in [7, 11) is -3.79. The predicted octanol–water partition coefficient (Wildman–Crippen LogP) is 5.35. The first-order valence-corrected chi connectivity index (χ1v) is 12.2. The van der Waals surface area contributed by atoms with Gasteiger partial charge in [-0.05, 0) is 81.3 Å². The molecular weight excluding hydrogens is 408 g/mol. The van der Waals surface area contributed by atoms with Crippen LogP contribution >= 0.6 is 0 Å². The van der Waals surface area contributed by atoms with E-state index in [1.165, 1.54) is 18.4 Å². The Morgan fingerprint density at radius 3 is 2.35 bits per heavy atom. The van der Waals surface area contributed by atoms with Gasteiger partial charge in [-0.25, -0.2) is 18.4 Å². The van der Waals surface area contributed by atoms with E-state index < -0.39 is 10.0 Å². The van der Waals surface area contributed by atoms with Gasteiger partial charge in [-0.1, -0.05) is 29.8 Å². The van der Waals surface area contributed by atoms with Gasteiger partial charge in [0.15, 0.2) is 11.6 Å². The van der Waals surface area contributed by atoms with Gasteiger partial charge in [0, 0.05) is 6.54 Å². The van der Waals surface area contributed by atoms with Gasteiger partial charge in [0.05, 0.1) is 15.9 Å². The summed E-state index contributed by atoms with van der Waals surface area (Å²) in [4.78, 5) is 9.42. The number of rotatable bonds is 7. The van der Waals surface area contributed by atoms with E-state index >= 15 is 0 Å². The van der Waals surface area contributed by atoms with Crippen molar-refractivity contribution in [2.24, 2.45) is 0 Å². The molecule has 1 heterocycles. The molecule has 6 nitrogen and oxygen atoms in total. The zero-order valence-corrected chi connectivity index (χ0v) is 18.8. The van der Waals surface area contributed by atoms with Crippen LogP contribution in [0.4, 0.5) is 11.6 Å². The molecule has 2 N–H and O–H groups in total. The van der Waals surface area contributed by atoms with Crippen LogP contribution in [0.2, 0.25) is 0 Å². The standard InChI is InChI=1S/C24H28N4O2S/c1-17-12-13-20(16-18(17)2)31(29,30)28-24-23(25-15-14-19-8-4-3-5-9-19)26-21-10-6-7-11-22(21)27-24/h6-8,10-13,16H,3-5,9,14-15H2,1-2H3,(H,25,26)(H,27,28). The van der Waals surface area contributed by atoms with Crippen molar-refractivity contribution in [2.75, 3.05) is 16.6 Å². The van der Waals surface area contributed by atoms with Gasteiger partial charge < -0.3 is 5.32 Å². The van der Waals surface area contributed by atoms with Gasteiger partial charge in [-0.15, -0.1) is 0 Å². The van der Waals surface area contributed by atoms with E-state index in [0.29, 0.717) is 17.9 Å². The Balaban J connectivity index is 1.62. The molecule has 0 radical (unpaired) electrons. The van der Waals surface area contributed by atoms with Gasteiger partial charge in [-0.2, -0.15) is 0 Å². The normalized spacial score (nSPS) is 14.3. The van der Waals surface area contributed by atoms with Crippen LogP contribution < -0.4 is 10.0 Å². The van der Waals surface area contributed by atoms with Crippen LogP contribution in [0, 0.1) is 13.8 Å². The number of aryl methyl sites for hydroxylation is 2. The molecule has 3 aromatic rings. The molecule has 0 saturated carbocycles. The number of hydrogen-bond acceptors (Lipinski definition) is 5. The fraction of sp³-hybridized carbons (Fsp3) is 0.333. The Kier molecular flexibility index (Phi) is 6.23. The highest BCUT2D eigenvalue weighted by Gasteiger charge is 2.19. The SMILES string of the molecule is Cc1ccc(S(=O)(=O)Nc2nc3ccccc3nc2NCCC2=CCCCC2)cc1C. The van der Waals surface area contributed by atoms with Gasteiger partial charge in [0.1, 0.15) is 0 Å². The molecule has 162 valence electrons. The maximum atomic E-state index is 13.1. The first-order chi connectivity index (χ1) is 14.9. The Morgan fingerprint density at radius 1 is 0.935 bits per heavy atom. The van der Waals surface area contributed by atoms with Crippen molar-refractivity contribution >= 4 is 32.7 Å². The molecule has 1 aliphatic carbocycles. The van der Waals surface area contributed by atoms with Crippen molar-refractivity contribution in [3.05, 3.63) is 65.2 Å². The molecule has 4 rings (SSSR count). The quantitative estimate of drug-likeness (QED) is 0.488. The molecule has 0 atom stereocenters. The predicted molar refractivity (Wildman–Crippen MR) is 126 cm³/mol. The molecule has 0 saturated heterocycles. The molecule has 0 bridgehead atoms. The molecule has 0 spiro atoms. The highest BCUT2D eigenvalue weighted by Crippen LogP contribution is 2.26.